The van der Waals surface area contributed by atoms with E-state index in [1.807, 2.05) is 6.92 Å². The highest BCUT2D eigenvalue weighted by atomic mass is 16.8. The van der Waals surface area contributed by atoms with Crippen LogP contribution in [0.4, 0.5) is 0 Å². The largest absolute Gasteiger partial charge is 0.463 e. The van der Waals surface area contributed by atoms with E-state index in [2.05, 4.69) is 5.32 Å². The minimum atomic E-state index is -1.53. The zero-order chi connectivity index (χ0) is 33.5. The molecule has 0 spiro atoms. The first kappa shape index (κ1) is 36.6. The maximum Gasteiger partial charge on any atom is 0.303 e. The molecular weight excluding hydrogens is 602 g/mol. The van der Waals surface area contributed by atoms with E-state index in [9.17, 15) is 24.0 Å². The van der Waals surface area contributed by atoms with Crippen molar-refractivity contribution in [3.8, 4) is 0 Å². The summed E-state index contributed by atoms with van der Waals surface area (Å²) in [5.74, 6) is -4.51. The number of hydrogen-bond acceptors (Lipinski definition) is 15. The van der Waals surface area contributed by atoms with Crippen molar-refractivity contribution >= 4 is 29.8 Å². The molecule has 3 fully saturated rings. The van der Waals surface area contributed by atoms with E-state index in [4.69, 9.17) is 47.4 Å². The molecule has 16 heteroatoms. The summed E-state index contributed by atoms with van der Waals surface area (Å²) in [4.78, 5) is 60.9. The van der Waals surface area contributed by atoms with Crippen molar-refractivity contribution in [1.82, 2.24) is 5.32 Å². The SMILES string of the molecule is CCCCO[C@@H]1OC2COC(C)(C)O[C@H]2C(O[C@@H]2OC(COC(C)=O)[C@H](OC(C)=O)C(OC(C)=O)[C@@H]2OC(C)=O)[C@@H]1NC(C)=O. The molecule has 0 aromatic carbocycles. The van der Waals surface area contributed by atoms with Crippen molar-refractivity contribution in [3.63, 3.8) is 0 Å². The van der Waals surface area contributed by atoms with Crippen molar-refractivity contribution in [2.45, 2.75) is 135 Å². The van der Waals surface area contributed by atoms with Crippen LogP contribution in [0.1, 0.15) is 68.2 Å². The summed E-state index contributed by atoms with van der Waals surface area (Å²) in [6, 6.07) is -0.971. The summed E-state index contributed by atoms with van der Waals surface area (Å²) < 4.78 is 58.7. The van der Waals surface area contributed by atoms with Gasteiger partial charge in [-0.3, -0.25) is 24.0 Å². The van der Waals surface area contributed by atoms with Crippen LogP contribution in [0.5, 0.6) is 0 Å². The van der Waals surface area contributed by atoms with Crippen LogP contribution in [0.25, 0.3) is 0 Å². The first-order valence-corrected chi connectivity index (χ1v) is 14.9. The zero-order valence-corrected chi connectivity index (χ0v) is 26.9. The van der Waals surface area contributed by atoms with E-state index in [-0.39, 0.29) is 6.61 Å². The highest BCUT2D eigenvalue weighted by molar-refractivity contribution is 5.73. The van der Waals surface area contributed by atoms with Crippen molar-refractivity contribution < 1.29 is 71.3 Å². The molecule has 10 atom stereocenters. The molecule has 16 nitrogen and oxygen atoms in total. The van der Waals surface area contributed by atoms with Gasteiger partial charge < -0.3 is 52.7 Å². The van der Waals surface area contributed by atoms with Crippen LogP contribution in [0.15, 0.2) is 0 Å². The maximum absolute atomic E-state index is 12.4. The Morgan fingerprint density at radius 2 is 1.42 bits per heavy atom. The van der Waals surface area contributed by atoms with Crippen molar-refractivity contribution in [3.05, 3.63) is 0 Å². The van der Waals surface area contributed by atoms with Gasteiger partial charge in [-0.2, -0.15) is 0 Å². The number of esters is 4. The van der Waals surface area contributed by atoms with Gasteiger partial charge in [0.1, 0.15) is 37.1 Å². The lowest BCUT2D eigenvalue weighted by Gasteiger charge is -2.52. The lowest BCUT2D eigenvalue weighted by atomic mass is 9.94. The van der Waals surface area contributed by atoms with Crippen LogP contribution in [0.3, 0.4) is 0 Å². The van der Waals surface area contributed by atoms with E-state index >= 15 is 0 Å². The molecule has 0 aliphatic carbocycles. The Morgan fingerprint density at radius 3 is 2.00 bits per heavy atom. The number of fused-ring (bicyclic) bond motifs is 1. The van der Waals surface area contributed by atoms with Gasteiger partial charge >= 0.3 is 23.9 Å². The van der Waals surface area contributed by atoms with E-state index in [1.165, 1.54) is 13.8 Å². The Morgan fingerprint density at radius 1 is 0.800 bits per heavy atom. The van der Waals surface area contributed by atoms with Crippen molar-refractivity contribution in [1.29, 1.82) is 0 Å². The number of unbranched alkanes of at least 4 members (excludes halogenated alkanes) is 1. The Hall–Kier alpha value is -2.89. The fourth-order valence-corrected chi connectivity index (χ4v) is 5.31. The summed E-state index contributed by atoms with van der Waals surface area (Å²) in [6.07, 6.45) is -9.20. The third-order valence-electron chi connectivity index (χ3n) is 7.05. The second-order valence-corrected chi connectivity index (χ2v) is 11.5. The van der Waals surface area contributed by atoms with Gasteiger partial charge in [-0.1, -0.05) is 13.3 Å². The molecule has 0 aromatic rings. The molecule has 1 N–H and O–H groups in total. The number of rotatable bonds is 12. The standard InChI is InChI=1S/C29H45NO15/c1-9-10-11-36-27-21(30-14(2)31)24(23-20(42-27)13-38-29(7,8)45-23)44-28-26(41-18(6)35)25(40-17(5)34)22(39-16(4)33)19(43-28)12-37-15(3)32/h19-28H,9-13H2,1-8H3,(H,30,31)/t19?,20?,21-,22-,23+,24?,25?,26-,27+,28-/m0/s1. The first-order chi connectivity index (χ1) is 21.1. The van der Waals surface area contributed by atoms with E-state index in [0.717, 1.165) is 27.2 Å². The molecule has 256 valence electrons. The van der Waals surface area contributed by atoms with E-state index in [1.54, 1.807) is 13.8 Å². The maximum atomic E-state index is 12.4. The molecule has 1 amide bonds. The Bertz CT molecular complexity index is 1070. The molecule has 3 saturated heterocycles. The summed E-state index contributed by atoms with van der Waals surface area (Å²) in [5.41, 5.74) is 0. The van der Waals surface area contributed by atoms with Crippen molar-refractivity contribution in [2.24, 2.45) is 0 Å². The number of hydrogen-bond donors (Lipinski definition) is 1. The molecule has 3 rings (SSSR count). The van der Waals surface area contributed by atoms with Gasteiger partial charge in [-0.05, 0) is 20.3 Å². The molecule has 3 heterocycles. The molecule has 0 aromatic heterocycles. The third-order valence-corrected chi connectivity index (χ3v) is 7.05. The number of amides is 1. The van der Waals surface area contributed by atoms with Crippen LogP contribution < -0.4 is 5.32 Å². The lowest BCUT2D eigenvalue weighted by Crippen LogP contribution is -2.71. The van der Waals surface area contributed by atoms with Gasteiger partial charge in [0.2, 0.25) is 5.91 Å². The molecule has 4 unspecified atom stereocenters. The predicted molar refractivity (Wildman–Crippen MR) is 149 cm³/mol. The van der Waals surface area contributed by atoms with Crippen LogP contribution in [-0.2, 0) is 71.3 Å². The number of nitrogens with one attached hydrogen (secondary N) is 1. The average molecular weight is 648 g/mol. The molecule has 3 aliphatic heterocycles. The Labute approximate surface area is 261 Å². The highest BCUT2D eigenvalue weighted by Crippen LogP contribution is 2.37. The van der Waals surface area contributed by atoms with Crippen LogP contribution >= 0.6 is 0 Å². The summed E-state index contributed by atoms with van der Waals surface area (Å²) in [7, 11) is 0. The first-order valence-electron chi connectivity index (χ1n) is 14.9. The van der Waals surface area contributed by atoms with E-state index in [0.29, 0.717) is 13.0 Å². The van der Waals surface area contributed by atoms with E-state index < -0.39 is 104 Å². The fourth-order valence-electron chi connectivity index (χ4n) is 5.31. The molecule has 3 aliphatic rings. The molecule has 0 radical (unpaired) electrons. The van der Waals surface area contributed by atoms with Crippen molar-refractivity contribution in [2.75, 3.05) is 19.8 Å². The number of ether oxygens (including phenoxy) is 10. The van der Waals surface area contributed by atoms with Gasteiger partial charge in [0.25, 0.3) is 0 Å². The topological polar surface area (TPSA) is 190 Å². The summed E-state index contributed by atoms with van der Waals surface area (Å²) in [5, 5.41) is 2.82. The zero-order valence-electron chi connectivity index (χ0n) is 26.9. The number of carbonyl (C=O) groups is 5. The van der Waals surface area contributed by atoms with Crippen LogP contribution in [0, 0.1) is 0 Å². The number of carbonyl (C=O) groups excluding carboxylic acids is 5. The summed E-state index contributed by atoms with van der Waals surface area (Å²) >= 11 is 0. The monoisotopic (exact) mass is 647 g/mol. The average Bonchev–Trinajstić information content (AvgIpc) is 2.91. The second kappa shape index (κ2) is 16.1. The van der Waals surface area contributed by atoms with Gasteiger partial charge in [0.05, 0.1) is 6.61 Å². The minimum Gasteiger partial charge on any atom is -0.463 e. The Kier molecular flexibility index (Phi) is 13.1. The smallest absolute Gasteiger partial charge is 0.303 e. The Balaban J connectivity index is 2.09. The quantitative estimate of drug-likeness (QED) is 0.176. The lowest BCUT2D eigenvalue weighted by molar-refractivity contribution is -0.393. The van der Waals surface area contributed by atoms with Crippen LogP contribution in [-0.4, -0.2) is 117 Å². The normalized spacial score (nSPS) is 34.0. The highest BCUT2D eigenvalue weighted by Gasteiger charge is 2.58. The molecule has 0 bridgehead atoms. The molecular formula is C29H45NO15. The summed E-state index contributed by atoms with van der Waals surface area (Å²) in [6.45, 7) is 11.2. The fraction of sp³-hybridized carbons (Fsp3) is 0.828. The third kappa shape index (κ3) is 10.3. The molecule has 45 heavy (non-hydrogen) atoms. The second-order valence-electron chi connectivity index (χ2n) is 11.5. The van der Waals surface area contributed by atoms with Gasteiger partial charge in [-0.15, -0.1) is 0 Å². The van der Waals surface area contributed by atoms with Gasteiger partial charge in [0, 0.05) is 41.2 Å². The van der Waals surface area contributed by atoms with Crippen LogP contribution in [0.2, 0.25) is 0 Å². The molecule has 0 saturated carbocycles. The minimum absolute atomic E-state index is 0.0938. The predicted octanol–water partition coefficient (Wildman–Crippen LogP) is 0.653. The van der Waals surface area contributed by atoms with Gasteiger partial charge in [-0.25, -0.2) is 0 Å². The van der Waals surface area contributed by atoms with Gasteiger partial charge in [0.15, 0.2) is 36.7 Å².